The number of hydrogen-bond donors (Lipinski definition) is 0. The van der Waals surface area contributed by atoms with E-state index >= 15 is 0 Å². The highest BCUT2D eigenvalue weighted by molar-refractivity contribution is 8.13. The van der Waals surface area contributed by atoms with Gasteiger partial charge in [-0.1, -0.05) is 56.0 Å². The molecule has 5 heteroatoms. The summed E-state index contributed by atoms with van der Waals surface area (Å²) in [6.07, 6.45) is 2.13. The van der Waals surface area contributed by atoms with Gasteiger partial charge in [-0.25, -0.2) is 0 Å². The molecule has 1 aliphatic heterocycles. The first-order chi connectivity index (χ1) is 11.5. The van der Waals surface area contributed by atoms with Crippen molar-refractivity contribution < 1.29 is 14.1 Å². The van der Waals surface area contributed by atoms with Crippen LogP contribution in [0.15, 0.2) is 29.7 Å². The van der Waals surface area contributed by atoms with Crippen LogP contribution in [0.3, 0.4) is 0 Å². The summed E-state index contributed by atoms with van der Waals surface area (Å²) in [5.41, 5.74) is 2.65. The van der Waals surface area contributed by atoms with Crippen LogP contribution in [0.1, 0.15) is 65.5 Å². The standard InChI is InChI=1S/C20H29BO3S/c1-14(2)18-11-9-8-10-16(18)12-17(13-25-15(3)22)21-23-19(4,5)20(6,7)24-21/h8-12,14H,13H2,1-7H3. The maximum Gasteiger partial charge on any atom is 0.491 e. The molecule has 1 fully saturated rings. The third-order valence-electron chi connectivity index (χ3n) is 4.96. The van der Waals surface area contributed by atoms with Crippen molar-refractivity contribution in [2.45, 2.75) is 65.6 Å². The Balaban J connectivity index is 2.39. The van der Waals surface area contributed by atoms with E-state index in [4.69, 9.17) is 9.31 Å². The van der Waals surface area contributed by atoms with Gasteiger partial charge < -0.3 is 9.31 Å². The number of carbonyl (C=O) groups excluding carboxylic acids is 1. The van der Waals surface area contributed by atoms with Crippen molar-refractivity contribution in [3.8, 4) is 0 Å². The Kier molecular flexibility index (Phi) is 6.24. The molecule has 0 aliphatic carbocycles. The summed E-state index contributed by atoms with van der Waals surface area (Å²) in [5.74, 6) is 0.992. The molecule has 0 amide bonds. The summed E-state index contributed by atoms with van der Waals surface area (Å²) in [4.78, 5) is 11.5. The van der Waals surface area contributed by atoms with E-state index in [0.717, 1.165) is 11.0 Å². The Labute approximate surface area is 156 Å². The highest BCUT2D eigenvalue weighted by Gasteiger charge is 2.52. The molecule has 0 spiro atoms. The average Bonchev–Trinajstić information content (AvgIpc) is 2.71. The van der Waals surface area contributed by atoms with Crippen molar-refractivity contribution in [2.24, 2.45) is 0 Å². The summed E-state index contributed by atoms with van der Waals surface area (Å²) in [7, 11) is -0.433. The minimum absolute atomic E-state index is 0.0968. The smallest absolute Gasteiger partial charge is 0.400 e. The lowest BCUT2D eigenvalue weighted by Crippen LogP contribution is -2.41. The fraction of sp³-hybridized carbons (Fsp3) is 0.550. The molecule has 0 aromatic heterocycles. The van der Waals surface area contributed by atoms with Crippen molar-refractivity contribution in [1.82, 2.24) is 0 Å². The van der Waals surface area contributed by atoms with Gasteiger partial charge in [-0.15, -0.1) is 0 Å². The van der Waals surface area contributed by atoms with E-state index < -0.39 is 18.3 Å². The largest absolute Gasteiger partial charge is 0.491 e. The minimum atomic E-state index is -0.433. The lowest BCUT2D eigenvalue weighted by atomic mass is 9.77. The highest BCUT2D eigenvalue weighted by atomic mass is 32.2. The summed E-state index contributed by atoms with van der Waals surface area (Å²) < 4.78 is 12.4. The molecule has 1 saturated heterocycles. The molecule has 1 aromatic rings. The topological polar surface area (TPSA) is 35.5 Å². The van der Waals surface area contributed by atoms with Gasteiger partial charge in [0.2, 0.25) is 0 Å². The number of hydrogen-bond acceptors (Lipinski definition) is 4. The molecule has 0 unspecified atom stereocenters. The minimum Gasteiger partial charge on any atom is -0.400 e. The van der Waals surface area contributed by atoms with Crippen LogP contribution in [0.2, 0.25) is 0 Å². The number of thioether (sulfide) groups is 1. The normalized spacial score (nSPS) is 19.5. The SMILES string of the molecule is CC(=O)SCC(=Cc1ccccc1C(C)C)B1OC(C)(C)C(C)(C)O1. The maximum absolute atomic E-state index is 11.5. The van der Waals surface area contributed by atoms with Crippen LogP contribution in [0.5, 0.6) is 0 Å². The Morgan fingerprint density at radius 1 is 1.16 bits per heavy atom. The van der Waals surface area contributed by atoms with E-state index in [0.29, 0.717) is 11.7 Å². The van der Waals surface area contributed by atoms with Crippen molar-refractivity contribution >= 4 is 30.1 Å². The van der Waals surface area contributed by atoms with Gasteiger partial charge in [-0.05, 0) is 50.2 Å². The van der Waals surface area contributed by atoms with Crippen LogP contribution < -0.4 is 0 Å². The van der Waals surface area contributed by atoms with Crippen molar-refractivity contribution in [2.75, 3.05) is 5.75 Å². The van der Waals surface area contributed by atoms with E-state index in [9.17, 15) is 4.79 Å². The van der Waals surface area contributed by atoms with Crippen LogP contribution in [-0.4, -0.2) is 29.2 Å². The van der Waals surface area contributed by atoms with E-state index in [2.05, 4.69) is 38.1 Å². The second kappa shape index (κ2) is 7.69. The van der Waals surface area contributed by atoms with Gasteiger partial charge in [0.15, 0.2) is 5.12 Å². The summed E-state index contributed by atoms with van der Waals surface area (Å²) >= 11 is 1.29. The number of rotatable bonds is 5. The van der Waals surface area contributed by atoms with E-state index in [1.165, 1.54) is 17.3 Å². The third kappa shape index (κ3) is 4.78. The lowest BCUT2D eigenvalue weighted by molar-refractivity contribution is -0.109. The first kappa shape index (κ1) is 20.3. The second-order valence-electron chi connectivity index (χ2n) is 7.87. The molecule has 25 heavy (non-hydrogen) atoms. The summed E-state index contributed by atoms with van der Waals surface area (Å²) in [6.45, 7) is 14.1. The van der Waals surface area contributed by atoms with Crippen molar-refractivity contribution in [3.63, 3.8) is 0 Å². The zero-order valence-electron chi connectivity index (χ0n) is 16.4. The predicted octanol–water partition coefficient (Wildman–Crippen LogP) is 5.10. The maximum atomic E-state index is 11.5. The first-order valence-corrected chi connectivity index (χ1v) is 9.80. The Hall–Kier alpha value is -1.04. The van der Waals surface area contributed by atoms with Crippen LogP contribution in [0.25, 0.3) is 6.08 Å². The summed E-state index contributed by atoms with van der Waals surface area (Å²) in [6, 6.07) is 8.36. The van der Waals surface area contributed by atoms with E-state index in [1.54, 1.807) is 6.92 Å². The van der Waals surface area contributed by atoms with Gasteiger partial charge in [-0.2, -0.15) is 0 Å². The summed E-state index contributed by atoms with van der Waals surface area (Å²) in [5, 5.41) is 0.0968. The third-order valence-corrected chi connectivity index (χ3v) is 5.84. The molecule has 1 aromatic carbocycles. The number of carbonyl (C=O) groups is 1. The predicted molar refractivity (Wildman–Crippen MR) is 108 cm³/mol. The monoisotopic (exact) mass is 360 g/mol. The second-order valence-corrected chi connectivity index (χ2v) is 9.02. The van der Waals surface area contributed by atoms with Gasteiger partial charge in [0.1, 0.15) is 0 Å². The van der Waals surface area contributed by atoms with Gasteiger partial charge in [-0.3, -0.25) is 4.79 Å². The molecule has 0 radical (unpaired) electrons. The molecule has 3 nitrogen and oxygen atoms in total. The molecule has 1 heterocycles. The van der Waals surface area contributed by atoms with Crippen LogP contribution in [0.4, 0.5) is 0 Å². The fourth-order valence-corrected chi connectivity index (χ4v) is 3.31. The first-order valence-electron chi connectivity index (χ1n) is 8.82. The van der Waals surface area contributed by atoms with Gasteiger partial charge in [0.25, 0.3) is 0 Å². The lowest BCUT2D eigenvalue weighted by Gasteiger charge is -2.32. The Bertz CT molecular complexity index is 649. The Morgan fingerprint density at radius 2 is 1.72 bits per heavy atom. The van der Waals surface area contributed by atoms with Crippen molar-refractivity contribution in [3.05, 3.63) is 40.9 Å². The van der Waals surface area contributed by atoms with E-state index in [-0.39, 0.29) is 5.12 Å². The average molecular weight is 360 g/mol. The number of benzene rings is 1. The van der Waals surface area contributed by atoms with Crippen LogP contribution in [0, 0.1) is 0 Å². The molecular weight excluding hydrogens is 331 g/mol. The van der Waals surface area contributed by atoms with Gasteiger partial charge in [0.05, 0.1) is 11.2 Å². The quantitative estimate of drug-likeness (QED) is 0.684. The highest BCUT2D eigenvalue weighted by Crippen LogP contribution is 2.39. The molecule has 0 saturated carbocycles. The van der Waals surface area contributed by atoms with Gasteiger partial charge >= 0.3 is 7.12 Å². The van der Waals surface area contributed by atoms with Crippen LogP contribution >= 0.6 is 11.8 Å². The molecule has 1 aliphatic rings. The fourth-order valence-electron chi connectivity index (χ4n) is 2.73. The van der Waals surface area contributed by atoms with Crippen molar-refractivity contribution in [1.29, 1.82) is 0 Å². The molecular formula is C20H29BO3S. The molecule has 0 bridgehead atoms. The van der Waals surface area contributed by atoms with E-state index in [1.807, 2.05) is 33.8 Å². The molecule has 0 atom stereocenters. The van der Waals surface area contributed by atoms with Gasteiger partial charge in [0, 0.05) is 12.7 Å². The molecule has 136 valence electrons. The van der Waals surface area contributed by atoms with Crippen LogP contribution in [-0.2, 0) is 14.1 Å². The Morgan fingerprint density at radius 3 is 2.24 bits per heavy atom. The molecule has 0 N–H and O–H groups in total. The zero-order valence-corrected chi connectivity index (χ0v) is 17.2. The zero-order chi connectivity index (χ0) is 18.8. The molecule has 2 rings (SSSR count).